The molecule has 0 fully saturated rings. The van der Waals surface area contributed by atoms with Crippen molar-refractivity contribution in [1.29, 1.82) is 5.26 Å². The van der Waals surface area contributed by atoms with E-state index in [-0.39, 0.29) is 35.0 Å². The summed E-state index contributed by atoms with van der Waals surface area (Å²) in [5.74, 6) is 0.123. The molecule has 0 bridgehead atoms. The van der Waals surface area contributed by atoms with Gasteiger partial charge in [-0.2, -0.15) is 27.2 Å². The number of H-pyrrole nitrogens is 1. The summed E-state index contributed by atoms with van der Waals surface area (Å²) in [5.41, 5.74) is -0.817. The van der Waals surface area contributed by atoms with Gasteiger partial charge in [0.25, 0.3) is 20.2 Å². The van der Waals surface area contributed by atoms with Crippen LogP contribution >= 0.6 is 0 Å². The molecule has 4 N–H and O–H groups in total. The number of aliphatic hydroxyl groups excluding tert-OH is 1. The van der Waals surface area contributed by atoms with Crippen molar-refractivity contribution in [2.75, 3.05) is 6.61 Å². The second-order valence-corrected chi connectivity index (χ2v) is 13.7. The average molecular weight is 606 g/mol. The number of aromatic amines is 1. The number of aryl methyl sites for hydroxylation is 1. The lowest BCUT2D eigenvalue weighted by atomic mass is 9.91. The summed E-state index contributed by atoms with van der Waals surface area (Å²) in [5, 5.41) is 44.0. The van der Waals surface area contributed by atoms with E-state index in [0.29, 0.717) is 11.5 Å². The quantitative estimate of drug-likeness (QED) is 0.176. The highest BCUT2D eigenvalue weighted by molar-refractivity contribution is 7.86. The van der Waals surface area contributed by atoms with Crippen LogP contribution in [-0.4, -0.2) is 67.2 Å². The first kappa shape index (κ1) is 30.0. The first-order valence-corrected chi connectivity index (χ1v) is 14.8. The summed E-state index contributed by atoms with van der Waals surface area (Å²) >= 11 is 0. The topological polar surface area (TPSA) is 241 Å². The summed E-state index contributed by atoms with van der Waals surface area (Å²) < 4.78 is 69.7. The molecular formula is C23H27N9O7S2. The Morgan fingerprint density at radius 1 is 1.05 bits per heavy atom. The van der Waals surface area contributed by atoms with E-state index in [0.717, 1.165) is 22.9 Å². The molecule has 218 valence electrons. The molecule has 18 heteroatoms. The molecule has 0 unspecified atom stereocenters. The predicted molar refractivity (Wildman–Crippen MR) is 143 cm³/mol. The van der Waals surface area contributed by atoms with Gasteiger partial charge in [-0.25, -0.2) is 9.20 Å². The number of fused-ring (bicyclic) bond motifs is 1. The highest BCUT2D eigenvalue weighted by Gasteiger charge is 2.32. The molecule has 0 saturated heterocycles. The van der Waals surface area contributed by atoms with E-state index >= 15 is 0 Å². The first-order valence-electron chi connectivity index (χ1n) is 11.9. The number of azo groups is 1. The number of aliphatic hydroxyl groups is 1. The lowest BCUT2D eigenvalue weighted by Crippen LogP contribution is -2.26. The maximum atomic E-state index is 12.2. The Morgan fingerprint density at radius 2 is 1.71 bits per heavy atom. The molecule has 41 heavy (non-hydrogen) atoms. The van der Waals surface area contributed by atoms with Crippen molar-refractivity contribution in [3.05, 3.63) is 41.0 Å². The number of nitrogens with one attached hydrogen (secondary N) is 1. The third kappa shape index (κ3) is 5.37. The van der Waals surface area contributed by atoms with Gasteiger partial charge < -0.3 is 5.11 Å². The summed E-state index contributed by atoms with van der Waals surface area (Å²) in [6.07, 6.45) is 0. The van der Waals surface area contributed by atoms with Gasteiger partial charge in [0.15, 0.2) is 17.3 Å². The number of aromatic nitrogens is 6. The predicted octanol–water partition coefficient (Wildman–Crippen LogP) is 2.90. The van der Waals surface area contributed by atoms with Crippen LogP contribution in [0, 0.1) is 18.3 Å². The molecule has 1 aromatic carbocycles. The highest BCUT2D eigenvalue weighted by Crippen LogP contribution is 2.38. The smallest absolute Gasteiger partial charge is 0.296 e. The van der Waals surface area contributed by atoms with Gasteiger partial charge in [0, 0.05) is 10.8 Å². The second-order valence-electron chi connectivity index (χ2n) is 10.9. The Morgan fingerprint density at radius 3 is 2.24 bits per heavy atom. The molecule has 0 aliphatic heterocycles. The zero-order chi connectivity index (χ0) is 30.7. The molecule has 16 nitrogen and oxygen atoms in total. The standard InChI is InChI=1S/C23H27N9O7S2/c1-12-14(10-24)19(31(29-12)15-9-13(40(34,35)36)7-8-16(15)41(37,38)39)26-25-17-18(22(2,3)4)30-32-20(17)27-28-21(32)23(5,6)11-33/h7-9,30,33H,11H2,1-6H3,(H,34,35,36)(H,37,38,39). The van der Waals surface area contributed by atoms with Gasteiger partial charge in [-0.05, 0) is 25.1 Å². The zero-order valence-corrected chi connectivity index (χ0v) is 24.4. The van der Waals surface area contributed by atoms with Crippen LogP contribution in [0.5, 0.6) is 0 Å². The first-order chi connectivity index (χ1) is 18.8. The van der Waals surface area contributed by atoms with Crippen LogP contribution in [0.4, 0.5) is 11.5 Å². The van der Waals surface area contributed by atoms with Gasteiger partial charge >= 0.3 is 0 Å². The van der Waals surface area contributed by atoms with Gasteiger partial charge in [0.2, 0.25) is 5.65 Å². The fourth-order valence-corrected chi connectivity index (χ4v) is 5.14. The molecule has 4 rings (SSSR count). The van der Waals surface area contributed by atoms with Crippen LogP contribution < -0.4 is 0 Å². The fraction of sp³-hybridized carbons (Fsp3) is 0.391. The lowest BCUT2D eigenvalue weighted by Gasteiger charge is -2.19. The maximum absolute atomic E-state index is 12.2. The molecule has 0 atom stereocenters. The van der Waals surface area contributed by atoms with Crippen molar-refractivity contribution >= 4 is 37.4 Å². The van der Waals surface area contributed by atoms with Crippen LogP contribution in [0.3, 0.4) is 0 Å². The largest absolute Gasteiger partial charge is 0.395 e. The maximum Gasteiger partial charge on any atom is 0.296 e. The molecular weight excluding hydrogens is 578 g/mol. The van der Waals surface area contributed by atoms with E-state index in [1.165, 1.54) is 6.92 Å². The van der Waals surface area contributed by atoms with Crippen LogP contribution in [0.2, 0.25) is 0 Å². The monoisotopic (exact) mass is 605 g/mol. The van der Waals surface area contributed by atoms with E-state index in [1.807, 2.05) is 26.8 Å². The van der Waals surface area contributed by atoms with Gasteiger partial charge in [-0.15, -0.1) is 20.4 Å². The molecule has 0 amide bonds. The van der Waals surface area contributed by atoms with Crippen molar-refractivity contribution in [3.8, 4) is 11.8 Å². The summed E-state index contributed by atoms with van der Waals surface area (Å²) in [6.45, 7) is 10.5. The molecule has 0 radical (unpaired) electrons. The van der Waals surface area contributed by atoms with Gasteiger partial charge in [0.05, 0.1) is 28.6 Å². The Balaban J connectivity index is 2.03. The summed E-state index contributed by atoms with van der Waals surface area (Å²) in [7, 11) is -9.74. The van der Waals surface area contributed by atoms with Crippen molar-refractivity contribution < 1.29 is 31.0 Å². The molecule has 3 heterocycles. The van der Waals surface area contributed by atoms with E-state index in [1.54, 1.807) is 18.4 Å². The van der Waals surface area contributed by atoms with E-state index < -0.39 is 46.5 Å². The summed E-state index contributed by atoms with van der Waals surface area (Å²) in [4.78, 5) is -1.46. The number of hydrogen-bond donors (Lipinski definition) is 4. The second kappa shape index (κ2) is 9.81. The molecule has 0 aliphatic rings. The normalized spacial score (nSPS) is 13.4. The molecule has 3 aromatic heterocycles. The van der Waals surface area contributed by atoms with Gasteiger partial charge in [0.1, 0.15) is 16.5 Å². The highest BCUT2D eigenvalue weighted by atomic mass is 32.2. The Bertz CT molecular complexity index is 1970. The number of hydrogen-bond acceptors (Lipinski definition) is 11. The molecule has 4 aromatic rings. The zero-order valence-electron chi connectivity index (χ0n) is 22.8. The van der Waals surface area contributed by atoms with Gasteiger partial charge in [-0.3, -0.25) is 14.2 Å². The van der Waals surface area contributed by atoms with Crippen LogP contribution in [0.15, 0.2) is 38.2 Å². The number of nitrogens with zero attached hydrogens (tertiary/aromatic N) is 8. The van der Waals surface area contributed by atoms with Crippen molar-refractivity contribution in [2.45, 2.75) is 62.2 Å². The average Bonchev–Trinajstić information content (AvgIpc) is 3.52. The fourth-order valence-electron chi connectivity index (χ4n) is 3.99. The van der Waals surface area contributed by atoms with Gasteiger partial charge in [-0.1, -0.05) is 34.6 Å². The minimum absolute atomic E-state index is 0.0877. The van der Waals surface area contributed by atoms with Crippen molar-refractivity contribution in [3.63, 3.8) is 0 Å². The molecule has 0 saturated carbocycles. The molecule has 0 aliphatic carbocycles. The van der Waals surface area contributed by atoms with E-state index in [2.05, 4.69) is 30.6 Å². The third-order valence-electron chi connectivity index (χ3n) is 6.21. The number of rotatable bonds is 7. The van der Waals surface area contributed by atoms with Crippen molar-refractivity contribution in [2.24, 2.45) is 10.2 Å². The minimum Gasteiger partial charge on any atom is -0.395 e. The Hall–Kier alpha value is -4.02. The third-order valence-corrected chi connectivity index (χ3v) is 7.96. The summed E-state index contributed by atoms with van der Waals surface area (Å²) in [6, 6.07) is 4.24. The van der Waals surface area contributed by atoms with Crippen LogP contribution in [0.1, 0.15) is 57.4 Å². The van der Waals surface area contributed by atoms with Crippen molar-refractivity contribution in [1.82, 2.24) is 29.6 Å². The number of nitriles is 1. The number of benzene rings is 1. The van der Waals surface area contributed by atoms with E-state index in [9.17, 15) is 36.3 Å². The Labute approximate surface area is 234 Å². The minimum atomic E-state index is -4.94. The van der Waals surface area contributed by atoms with Crippen LogP contribution in [-0.2, 0) is 31.1 Å². The molecule has 0 spiro atoms. The lowest BCUT2D eigenvalue weighted by molar-refractivity contribution is 0.209. The SMILES string of the molecule is Cc1nn(-c2cc(S(=O)(=O)O)ccc2S(=O)(=O)O)c(N=Nc2c(C(C)(C)C)[nH]n3c(C(C)(C)CO)nnc23)c1C#N. The Kier molecular flexibility index (Phi) is 7.17. The van der Waals surface area contributed by atoms with E-state index in [4.69, 9.17) is 0 Å². The van der Waals surface area contributed by atoms with Crippen LogP contribution in [0.25, 0.3) is 11.3 Å².